The third kappa shape index (κ3) is 4.26. The summed E-state index contributed by atoms with van der Waals surface area (Å²) >= 11 is 6.60. The van der Waals surface area contributed by atoms with Crippen molar-refractivity contribution in [1.82, 2.24) is 4.90 Å². The number of imide groups is 1. The first-order chi connectivity index (χ1) is 13.3. The number of aryl methyl sites for hydroxylation is 2. The summed E-state index contributed by atoms with van der Waals surface area (Å²) < 4.78 is 13.9. The molecule has 1 N–H and O–H groups in total. The molecule has 0 unspecified atom stereocenters. The molecule has 1 aliphatic heterocycles. The van der Waals surface area contributed by atoms with Crippen LogP contribution in [0.1, 0.15) is 16.7 Å². The van der Waals surface area contributed by atoms with Crippen LogP contribution in [0.5, 0.6) is 0 Å². The first-order valence-corrected chi connectivity index (χ1v) is 9.52. The van der Waals surface area contributed by atoms with E-state index in [-0.39, 0.29) is 15.5 Å². The number of anilines is 1. The Balaban J connectivity index is 1.74. The Labute approximate surface area is 170 Å². The molecule has 2 aromatic carbocycles. The Morgan fingerprint density at radius 3 is 2.64 bits per heavy atom. The average Bonchev–Trinajstić information content (AvgIpc) is 2.89. The van der Waals surface area contributed by atoms with Gasteiger partial charge >= 0.3 is 0 Å². The van der Waals surface area contributed by atoms with E-state index in [1.807, 2.05) is 19.9 Å². The van der Waals surface area contributed by atoms with E-state index in [1.165, 1.54) is 24.3 Å². The Morgan fingerprint density at radius 1 is 1.21 bits per heavy atom. The van der Waals surface area contributed by atoms with Gasteiger partial charge in [0.05, 0.1) is 9.93 Å². The van der Waals surface area contributed by atoms with Crippen LogP contribution in [0, 0.1) is 19.7 Å². The molecule has 0 bridgehead atoms. The van der Waals surface area contributed by atoms with E-state index in [4.69, 9.17) is 11.6 Å². The highest BCUT2D eigenvalue weighted by Gasteiger charge is 2.36. The molecule has 5 nitrogen and oxygen atoms in total. The summed E-state index contributed by atoms with van der Waals surface area (Å²) in [6.45, 7) is 3.44. The lowest BCUT2D eigenvalue weighted by Gasteiger charge is -2.13. The number of halogens is 2. The third-order valence-corrected chi connectivity index (χ3v) is 5.48. The fraction of sp³-hybridized carbons (Fsp3) is 0.150. The zero-order valence-electron chi connectivity index (χ0n) is 15.1. The first-order valence-electron chi connectivity index (χ1n) is 8.32. The van der Waals surface area contributed by atoms with Gasteiger partial charge in [-0.3, -0.25) is 19.3 Å². The highest BCUT2D eigenvalue weighted by atomic mass is 35.5. The fourth-order valence-electron chi connectivity index (χ4n) is 2.58. The van der Waals surface area contributed by atoms with Crippen LogP contribution in [0.25, 0.3) is 6.08 Å². The van der Waals surface area contributed by atoms with Gasteiger partial charge in [-0.1, -0.05) is 23.7 Å². The van der Waals surface area contributed by atoms with Gasteiger partial charge in [0.2, 0.25) is 5.91 Å². The number of rotatable bonds is 4. The summed E-state index contributed by atoms with van der Waals surface area (Å²) in [7, 11) is 0. The average molecular weight is 419 g/mol. The lowest BCUT2D eigenvalue weighted by atomic mass is 10.1. The smallest absolute Gasteiger partial charge is 0.294 e. The largest absolute Gasteiger partial charge is 0.325 e. The van der Waals surface area contributed by atoms with Gasteiger partial charge in [-0.25, -0.2) is 4.39 Å². The van der Waals surface area contributed by atoms with Crippen LogP contribution >= 0.6 is 23.4 Å². The number of amides is 3. The van der Waals surface area contributed by atoms with Crippen molar-refractivity contribution in [3.63, 3.8) is 0 Å². The molecule has 0 spiro atoms. The maximum absolute atomic E-state index is 13.9. The molecule has 1 heterocycles. The highest BCUT2D eigenvalue weighted by Crippen LogP contribution is 2.34. The van der Waals surface area contributed by atoms with E-state index in [1.54, 1.807) is 12.1 Å². The second kappa shape index (κ2) is 8.16. The van der Waals surface area contributed by atoms with Crippen LogP contribution in [0.4, 0.5) is 14.9 Å². The van der Waals surface area contributed by atoms with Crippen molar-refractivity contribution in [2.75, 3.05) is 11.9 Å². The summed E-state index contributed by atoms with van der Waals surface area (Å²) in [4.78, 5) is 37.8. The minimum absolute atomic E-state index is 0.0102. The molecule has 1 fully saturated rings. The van der Waals surface area contributed by atoms with Gasteiger partial charge in [-0.15, -0.1) is 0 Å². The Kier molecular flexibility index (Phi) is 5.86. The summed E-state index contributed by atoms with van der Waals surface area (Å²) in [5.74, 6) is -1.77. The highest BCUT2D eigenvalue weighted by molar-refractivity contribution is 8.18. The van der Waals surface area contributed by atoms with Gasteiger partial charge in [0.25, 0.3) is 11.1 Å². The van der Waals surface area contributed by atoms with E-state index >= 15 is 0 Å². The minimum Gasteiger partial charge on any atom is -0.325 e. The van der Waals surface area contributed by atoms with Gasteiger partial charge in [0, 0.05) is 11.3 Å². The van der Waals surface area contributed by atoms with Crippen LogP contribution in [0.15, 0.2) is 41.3 Å². The lowest BCUT2D eigenvalue weighted by molar-refractivity contribution is -0.127. The maximum atomic E-state index is 13.9. The number of benzene rings is 2. The number of carbonyl (C=O) groups is 3. The molecule has 144 valence electrons. The topological polar surface area (TPSA) is 66.5 Å². The van der Waals surface area contributed by atoms with Gasteiger partial charge in [-0.2, -0.15) is 0 Å². The van der Waals surface area contributed by atoms with Crippen LogP contribution < -0.4 is 5.32 Å². The van der Waals surface area contributed by atoms with Crippen LogP contribution in [0.3, 0.4) is 0 Å². The number of hydrogen-bond donors (Lipinski definition) is 1. The van der Waals surface area contributed by atoms with Crippen molar-refractivity contribution in [2.24, 2.45) is 0 Å². The Bertz CT molecular complexity index is 1000. The van der Waals surface area contributed by atoms with Crippen molar-refractivity contribution < 1.29 is 18.8 Å². The number of nitrogens with one attached hydrogen (secondary N) is 1. The zero-order valence-corrected chi connectivity index (χ0v) is 16.7. The molecule has 0 aromatic heterocycles. The van der Waals surface area contributed by atoms with Gasteiger partial charge < -0.3 is 5.32 Å². The van der Waals surface area contributed by atoms with Crippen molar-refractivity contribution in [2.45, 2.75) is 13.8 Å². The minimum atomic E-state index is -0.662. The van der Waals surface area contributed by atoms with E-state index in [2.05, 4.69) is 5.32 Å². The molecular formula is C20H16ClFN2O3S. The van der Waals surface area contributed by atoms with Crippen molar-refractivity contribution in [1.29, 1.82) is 0 Å². The summed E-state index contributed by atoms with van der Waals surface area (Å²) in [5, 5.41) is 2.19. The lowest BCUT2D eigenvalue weighted by Crippen LogP contribution is -2.36. The molecular weight excluding hydrogens is 403 g/mol. The SMILES string of the molecule is Cc1ccc(NC(=O)CN2C(=O)S/C(=C\c3c(F)cccc3Cl)C2=O)cc1C. The molecule has 2 aromatic rings. The maximum Gasteiger partial charge on any atom is 0.294 e. The van der Waals surface area contributed by atoms with Crippen molar-refractivity contribution in [3.8, 4) is 0 Å². The Morgan fingerprint density at radius 2 is 1.96 bits per heavy atom. The summed E-state index contributed by atoms with van der Waals surface area (Å²) in [6.07, 6.45) is 1.23. The predicted molar refractivity (Wildman–Crippen MR) is 109 cm³/mol. The monoisotopic (exact) mass is 418 g/mol. The van der Waals surface area contributed by atoms with Gasteiger partial charge in [0.1, 0.15) is 12.4 Å². The number of thioether (sulfide) groups is 1. The standard InChI is InChI=1S/C20H16ClFN2O3S/c1-11-6-7-13(8-12(11)2)23-18(25)10-24-19(26)17(28-20(24)27)9-14-15(21)4-3-5-16(14)22/h3-9H,10H2,1-2H3,(H,23,25)/b17-9-. The molecule has 3 rings (SSSR count). The molecule has 28 heavy (non-hydrogen) atoms. The predicted octanol–water partition coefficient (Wildman–Crippen LogP) is 4.77. The van der Waals surface area contributed by atoms with Crippen molar-refractivity contribution >= 4 is 52.2 Å². The molecule has 0 radical (unpaired) electrons. The molecule has 1 saturated heterocycles. The van der Waals surface area contributed by atoms with Crippen LogP contribution in [-0.2, 0) is 9.59 Å². The molecule has 0 aliphatic carbocycles. The van der Waals surface area contributed by atoms with Gasteiger partial charge in [-0.05, 0) is 67.1 Å². The number of nitrogens with zero attached hydrogens (tertiary/aromatic N) is 1. The molecule has 8 heteroatoms. The second-order valence-corrected chi connectivity index (χ2v) is 7.65. The van der Waals surface area contributed by atoms with Crippen molar-refractivity contribution in [3.05, 3.63) is 68.8 Å². The first kappa shape index (κ1) is 20.1. The van der Waals surface area contributed by atoms with Crippen LogP contribution in [0.2, 0.25) is 5.02 Å². The van der Waals surface area contributed by atoms with Gasteiger partial charge in [0.15, 0.2) is 0 Å². The quantitative estimate of drug-likeness (QED) is 0.726. The fourth-order valence-corrected chi connectivity index (χ4v) is 3.62. The molecule has 3 amide bonds. The third-order valence-electron chi connectivity index (χ3n) is 4.24. The summed E-state index contributed by atoms with van der Waals surface area (Å²) in [6, 6.07) is 9.55. The number of carbonyl (C=O) groups excluding carboxylic acids is 3. The molecule has 0 atom stereocenters. The van der Waals surface area contributed by atoms with Crippen LogP contribution in [-0.4, -0.2) is 28.5 Å². The number of hydrogen-bond acceptors (Lipinski definition) is 4. The second-order valence-electron chi connectivity index (χ2n) is 6.25. The molecule has 0 saturated carbocycles. The normalized spacial score (nSPS) is 15.4. The van der Waals surface area contributed by atoms with E-state index < -0.39 is 29.4 Å². The molecule has 1 aliphatic rings. The van der Waals surface area contributed by atoms with E-state index in [9.17, 15) is 18.8 Å². The van der Waals surface area contributed by atoms with E-state index in [0.29, 0.717) is 17.4 Å². The zero-order chi connectivity index (χ0) is 20.4. The van der Waals surface area contributed by atoms with E-state index in [0.717, 1.165) is 16.0 Å². The summed E-state index contributed by atoms with van der Waals surface area (Å²) in [5.41, 5.74) is 2.69. The Hall–Kier alpha value is -2.64.